The van der Waals surface area contributed by atoms with Crippen molar-refractivity contribution in [3.63, 3.8) is 0 Å². The molecule has 0 saturated heterocycles. The molecule has 3 aromatic carbocycles. The van der Waals surface area contributed by atoms with Gasteiger partial charge in [0.15, 0.2) is 11.4 Å². The van der Waals surface area contributed by atoms with E-state index in [2.05, 4.69) is 18.8 Å². The zero-order chi connectivity index (χ0) is 25.8. The number of hydrogen-bond donors (Lipinski definition) is 2. The van der Waals surface area contributed by atoms with E-state index in [9.17, 15) is 15.0 Å². The Hall–Kier alpha value is -3.71. The van der Waals surface area contributed by atoms with E-state index in [1.165, 1.54) is 0 Å². The van der Waals surface area contributed by atoms with Crippen LogP contribution in [0.5, 0.6) is 0 Å². The zero-order valence-electron chi connectivity index (χ0n) is 21.2. The van der Waals surface area contributed by atoms with Gasteiger partial charge in [-0.05, 0) is 73.1 Å². The molecule has 2 N–H and O–H groups in total. The monoisotopic (exact) mass is 486 g/mol. The van der Waals surface area contributed by atoms with Crippen LogP contribution in [0, 0.1) is 17.3 Å². The van der Waals surface area contributed by atoms with Crippen LogP contribution in [0.2, 0.25) is 0 Å². The lowest BCUT2D eigenvalue weighted by Crippen LogP contribution is -2.42. The predicted octanol–water partition coefficient (Wildman–Crippen LogP) is 6.18. The summed E-state index contributed by atoms with van der Waals surface area (Å²) in [6.07, 6.45) is 4.70. The number of aliphatic hydroxyl groups excluding tert-OH is 1. The number of carbonyl (C=O) groups excluding carboxylic acids is 1. The van der Waals surface area contributed by atoms with Gasteiger partial charge < -0.3 is 10.2 Å². The molecule has 37 heavy (non-hydrogen) atoms. The van der Waals surface area contributed by atoms with Gasteiger partial charge in [0.05, 0.1) is 6.10 Å². The predicted molar refractivity (Wildman–Crippen MR) is 146 cm³/mol. The minimum Gasteiger partial charge on any atom is -0.392 e. The lowest BCUT2D eigenvalue weighted by molar-refractivity contribution is -0.113. The largest absolute Gasteiger partial charge is 0.392 e. The summed E-state index contributed by atoms with van der Waals surface area (Å²) < 4.78 is 0. The number of carbonyl (C=O) groups is 1. The van der Waals surface area contributed by atoms with Gasteiger partial charge in [-0.3, -0.25) is 4.79 Å². The molecule has 1 fully saturated rings. The molecule has 0 heterocycles. The van der Waals surface area contributed by atoms with Crippen LogP contribution in [0.3, 0.4) is 0 Å². The summed E-state index contributed by atoms with van der Waals surface area (Å²) in [7, 11) is 0. The molecule has 3 aromatic rings. The van der Waals surface area contributed by atoms with E-state index >= 15 is 0 Å². The molecule has 184 valence electrons. The summed E-state index contributed by atoms with van der Waals surface area (Å²) in [5, 5.41) is 22.4. The Morgan fingerprint density at radius 3 is 2.22 bits per heavy atom. The average molecular weight is 487 g/mol. The Balaban J connectivity index is 1.30. The van der Waals surface area contributed by atoms with Gasteiger partial charge >= 0.3 is 0 Å². The first-order valence-electron chi connectivity index (χ1n) is 13.0. The number of hydrogen-bond acceptors (Lipinski definition) is 3. The number of allylic oxidation sites excluding steroid dienone is 2. The third kappa shape index (κ3) is 3.72. The first-order chi connectivity index (χ1) is 17.8. The lowest BCUT2D eigenvalue weighted by atomic mass is 9.61. The third-order valence-corrected chi connectivity index (χ3v) is 8.53. The molecule has 2 atom stereocenters. The summed E-state index contributed by atoms with van der Waals surface area (Å²) in [5.74, 6) is 6.41. The summed E-state index contributed by atoms with van der Waals surface area (Å²) in [5.41, 5.74) is 6.31. The summed E-state index contributed by atoms with van der Waals surface area (Å²) in [6.45, 7) is 4.00. The molecule has 3 nitrogen and oxygen atoms in total. The summed E-state index contributed by atoms with van der Waals surface area (Å²) in [4.78, 5) is 13.1. The maximum atomic E-state index is 13.1. The number of ketones is 1. The highest BCUT2D eigenvalue weighted by Gasteiger charge is 2.45. The highest BCUT2D eigenvalue weighted by Crippen LogP contribution is 2.50. The van der Waals surface area contributed by atoms with Crippen LogP contribution in [-0.4, -0.2) is 22.1 Å². The number of Topliss-reactive ketones (excluding diaryl/α,β-unsaturated/α-hetero) is 1. The van der Waals surface area contributed by atoms with Crippen LogP contribution in [0.1, 0.15) is 61.8 Å². The van der Waals surface area contributed by atoms with E-state index in [-0.39, 0.29) is 11.2 Å². The molecule has 6 rings (SSSR count). The van der Waals surface area contributed by atoms with Gasteiger partial charge in [-0.15, -0.1) is 0 Å². The smallest absolute Gasteiger partial charge is 0.184 e. The fraction of sp³-hybridized carbons (Fsp3) is 0.265. The molecule has 0 aliphatic heterocycles. The molecule has 0 aromatic heterocycles. The van der Waals surface area contributed by atoms with E-state index in [0.29, 0.717) is 6.42 Å². The van der Waals surface area contributed by atoms with Crippen LogP contribution >= 0.6 is 0 Å². The molecule has 1 saturated carbocycles. The topological polar surface area (TPSA) is 57.5 Å². The van der Waals surface area contributed by atoms with E-state index < -0.39 is 11.7 Å². The fourth-order valence-electron chi connectivity index (χ4n) is 6.46. The van der Waals surface area contributed by atoms with Gasteiger partial charge in [0.1, 0.15) is 0 Å². The van der Waals surface area contributed by atoms with Gasteiger partial charge in [-0.1, -0.05) is 85.0 Å². The molecular formula is C34H30O3. The van der Waals surface area contributed by atoms with Gasteiger partial charge in [0.25, 0.3) is 0 Å². The maximum Gasteiger partial charge on any atom is 0.184 e. The quantitative estimate of drug-likeness (QED) is 0.319. The van der Waals surface area contributed by atoms with Crippen LogP contribution in [-0.2, 0) is 10.4 Å². The van der Waals surface area contributed by atoms with Crippen molar-refractivity contribution < 1.29 is 15.0 Å². The molecule has 0 bridgehead atoms. The van der Waals surface area contributed by atoms with E-state index in [0.717, 1.165) is 69.4 Å². The average Bonchev–Trinajstić information content (AvgIpc) is 3.17. The molecule has 0 unspecified atom stereocenters. The van der Waals surface area contributed by atoms with Crippen molar-refractivity contribution in [2.75, 3.05) is 0 Å². The van der Waals surface area contributed by atoms with Gasteiger partial charge in [-0.2, -0.15) is 0 Å². The van der Waals surface area contributed by atoms with Crippen molar-refractivity contribution in [1.82, 2.24) is 0 Å². The molecule has 0 amide bonds. The van der Waals surface area contributed by atoms with E-state index in [1.54, 1.807) is 0 Å². The van der Waals surface area contributed by atoms with Crippen LogP contribution in [0.15, 0.2) is 89.5 Å². The minimum absolute atomic E-state index is 0.0891. The molecule has 3 aliphatic rings. The fourth-order valence-corrected chi connectivity index (χ4v) is 6.46. The van der Waals surface area contributed by atoms with Crippen molar-refractivity contribution in [2.45, 2.75) is 51.2 Å². The van der Waals surface area contributed by atoms with Crippen molar-refractivity contribution >= 4 is 11.9 Å². The lowest BCUT2D eigenvalue weighted by Gasteiger charge is -2.45. The standard InChI is InChI=1S/C34H30O3/c1-22-28-12-7-13-31(35)33(28,2)21-25(32(22)36)20-24-16-14-23(15-17-24)18-19-34(37)29-10-5-3-8-26(29)27-9-4-6-11-30(27)34/h3-6,8-11,14-17,20,31,35,37H,7,12-13,21H2,1-2H3/t31-,33-/m0/s1. The third-order valence-electron chi connectivity index (χ3n) is 8.53. The molecular weight excluding hydrogens is 456 g/mol. The SMILES string of the molecule is CC1=C2CCC[C@H](O)[C@@]2(C)CC(=Cc2ccc(C#CC3(O)c4ccccc4-c4ccccc43)cc2)C1=O. The molecule has 3 aliphatic carbocycles. The van der Waals surface area contributed by atoms with Gasteiger partial charge in [-0.25, -0.2) is 0 Å². The van der Waals surface area contributed by atoms with Crippen molar-refractivity contribution in [3.8, 4) is 23.0 Å². The van der Waals surface area contributed by atoms with Crippen LogP contribution in [0.25, 0.3) is 17.2 Å². The number of aliphatic hydroxyl groups is 2. The van der Waals surface area contributed by atoms with E-state index in [4.69, 9.17) is 0 Å². The molecule has 0 spiro atoms. The normalized spacial score (nSPS) is 24.7. The first-order valence-corrected chi connectivity index (χ1v) is 13.0. The van der Waals surface area contributed by atoms with Crippen LogP contribution < -0.4 is 0 Å². The second kappa shape index (κ2) is 8.70. The van der Waals surface area contributed by atoms with Gasteiger partial charge in [0, 0.05) is 27.7 Å². The highest BCUT2D eigenvalue weighted by atomic mass is 16.3. The number of benzene rings is 3. The Kier molecular flexibility index (Phi) is 5.57. The first kappa shape index (κ1) is 23.7. The molecule has 0 radical (unpaired) electrons. The Morgan fingerprint density at radius 1 is 0.946 bits per heavy atom. The molecule has 3 heteroatoms. The summed E-state index contributed by atoms with van der Waals surface area (Å²) >= 11 is 0. The summed E-state index contributed by atoms with van der Waals surface area (Å²) in [6, 6.07) is 23.5. The second-order valence-electron chi connectivity index (χ2n) is 10.8. The van der Waals surface area contributed by atoms with Gasteiger partial charge in [0.2, 0.25) is 0 Å². The Morgan fingerprint density at radius 2 is 1.57 bits per heavy atom. The maximum absolute atomic E-state index is 13.1. The Bertz CT molecular complexity index is 1500. The Labute approximate surface area is 218 Å². The van der Waals surface area contributed by atoms with Crippen molar-refractivity contribution in [3.05, 3.63) is 112 Å². The van der Waals surface area contributed by atoms with Crippen molar-refractivity contribution in [2.24, 2.45) is 5.41 Å². The zero-order valence-corrected chi connectivity index (χ0v) is 21.2. The highest BCUT2D eigenvalue weighted by molar-refractivity contribution is 6.12. The van der Waals surface area contributed by atoms with Crippen LogP contribution in [0.4, 0.5) is 0 Å². The number of fused-ring (bicyclic) bond motifs is 4. The minimum atomic E-state index is -1.36. The van der Waals surface area contributed by atoms with E-state index in [1.807, 2.05) is 85.8 Å². The number of rotatable bonds is 1. The second-order valence-corrected chi connectivity index (χ2v) is 10.8. The van der Waals surface area contributed by atoms with Crippen molar-refractivity contribution in [1.29, 1.82) is 0 Å².